The smallest absolute Gasteiger partial charge is 0.485 e. The number of rotatable bonds is 4. The van der Waals surface area contributed by atoms with Gasteiger partial charge in [0.05, 0.1) is 25.0 Å². The Labute approximate surface area is 160 Å². The molecule has 166 valence electrons. The van der Waals surface area contributed by atoms with Crippen LogP contribution in [0, 0.1) is 0 Å². The van der Waals surface area contributed by atoms with Gasteiger partial charge < -0.3 is 9.11 Å². The van der Waals surface area contributed by atoms with Crippen LogP contribution in [0.5, 0.6) is 0 Å². The van der Waals surface area contributed by atoms with E-state index in [0.717, 1.165) is 0 Å². The van der Waals surface area contributed by atoms with Crippen LogP contribution < -0.4 is 0 Å². The molecule has 0 saturated heterocycles. The van der Waals surface area contributed by atoms with E-state index in [-0.39, 0.29) is 0 Å². The van der Waals surface area contributed by atoms with E-state index >= 15 is 0 Å². The highest BCUT2D eigenvalue weighted by Gasteiger charge is 2.37. The normalized spacial score (nSPS) is 13.7. The van der Waals surface area contributed by atoms with E-state index in [9.17, 15) is 26.3 Å². The molecule has 0 aliphatic heterocycles. The molecule has 0 aromatic heterocycles. The van der Waals surface area contributed by atoms with Crippen molar-refractivity contribution in [1.29, 1.82) is 0 Å². The second kappa shape index (κ2) is 12.4. The summed E-state index contributed by atoms with van der Waals surface area (Å²) >= 11 is 0. The lowest BCUT2D eigenvalue weighted by Crippen LogP contribution is -2.21. The second-order valence-electron chi connectivity index (χ2n) is 5.13. The van der Waals surface area contributed by atoms with E-state index in [0.29, 0.717) is 21.8 Å². The third-order valence-corrected chi connectivity index (χ3v) is 4.85. The molecule has 16 heteroatoms. The summed E-state index contributed by atoms with van der Waals surface area (Å²) in [5, 5.41) is 0. The Bertz CT molecular complexity index is 608. The van der Waals surface area contributed by atoms with Gasteiger partial charge in [-0.3, -0.25) is 0 Å². The van der Waals surface area contributed by atoms with Gasteiger partial charge in [0.2, 0.25) is 0 Å². The zero-order valence-electron chi connectivity index (χ0n) is 14.8. The summed E-state index contributed by atoms with van der Waals surface area (Å²) < 4.78 is 118. The number of alkyl halides is 6. The number of hydrogen-bond donors (Lipinski definition) is 0. The van der Waals surface area contributed by atoms with E-state index in [1.165, 1.54) is 11.5 Å². The molecule has 0 aliphatic rings. The first-order chi connectivity index (χ1) is 11.5. The molecule has 0 spiro atoms. The summed E-state index contributed by atoms with van der Waals surface area (Å²) in [6.45, 7) is 2.25. The molecule has 0 bridgehead atoms. The summed E-state index contributed by atoms with van der Waals surface area (Å²) in [6.07, 6.45) is 11.6. The van der Waals surface area contributed by atoms with Crippen LogP contribution >= 0.6 is 0 Å². The van der Waals surface area contributed by atoms with Crippen molar-refractivity contribution < 1.29 is 52.3 Å². The molecule has 0 N–H and O–H groups in total. The van der Waals surface area contributed by atoms with E-state index in [1.807, 2.05) is 0 Å². The van der Waals surface area contributed by atoms with Crippen LogP contribution in [0.1, 0.15) is 6.92 Å². The molecule has 0 radical (unpaired) electrons. The van der Waals surface area contributed by atoms with Gasteiger partial charge in [0, 0.05) is 0 Å². The zero-order valence-corrected chi connectivity index (χ0v) is 18.1. The zero-order chi connectivity index (χ0) is 22.9. The van der Waals surface area contributed by atoms with Gasteiger partial charge in [-0.2, -0.15) is 26.3 Å². The van der Waals surface area contributed by atoms with Crippen molar-refractivity contribution >= 4 is 42.0 Å². The Morgan fingerprint density at radius 1 is 0.815 bits per heavy atom. The lowest BCUT2D eigenvalue weighted by atomic mass is 10.3. The van der Waals surface area contributed by atoms with Gasteiger partial charge in [-0.25, -0.2) is 16.8 Å². The third kappa shape index (κ3) is 20.4. The summed E-state index contributed by atoms with van der Waals surface area (Å²) in [5.41, 5.74) is -9.72. The van der Waals surface area contributed by atoms with Crippen LogP contribution in [0.25, 0.3) is 0 Å². The molecule has 0 aromatic carbocycles. The Hall–Kier alpha value is -0.160. The molecule has 0 unspecified atom stereocenters. The Morgan fingerprint density at radius 2 is 1.07 bits per heavy atom. The van der Waals surface area contributed by atoms with Crippen LogP contribution in [0.4, 0.5) is 26.3 Å². The minimum atomic E-state index is -6.09. The van der Waals surface area contributed by atoms with Crippen molar-refractivity contribution in [1.82, 2.24) is 0 Å². The highest BCUT2D eigenvalue weighted by molar-refractivity contribution is 7.96. The van der Waals surface area contributed by atoms with Crippen LogP contribution in [0.3, 0.4) is 0 Å². The molecule has 27 heavy (non-hydrogen) atoms. The molecule has 0 saturated carbocycles. The van der Waals surface area contributed by atoms with Gasteiger partial charge >= 0.3 is 11.0 Å². The minimum absolute atomic E-state index is 0.574. The van der Waals surface area contributed by atoms with Crippen molar-refractivity contribution in [3.8, 4) is 0 Å². The van der Waals surface area contributed by atoms with Gasteiger partial charge in [0.1, 0.15) is 11.5 Å². The highest BCUT2D eigenvalue weighted by atomic mass is 32.2. The van der Waals surface area contributed by atoms with E-state index in [2.05, 4.69) is 38.0 Å². The molecule has 0 fully saturated rings. The second-order valence-corrected chi connectivity index (χ2v) is 12.4. The molecule has 0 rings (SSSR count). The van der Waals surface area contributed by atoms with Crippen molar-refractivity contribution in [2.24, 2.45) is 0 Å². The molecular weight excluding hydrogens is 470 g/mol. The quantitative estimate of drug-likeness (QED) is 0.195. The monoisotopic (exact) mass is 490 g/mol. The highest BCUT2D eigenvalue weighted by Crippen LogP contribution is 2.21. The topological polar surface area (TPSA) is 114 Å². The average Bonchev–Trinajstić information content (AvgIpc) is 2.32. The Kier molecular flexibility index (Phi) is 14.5. The summed E-state index contributed by atoms with van der Waals surface area (Å²) in [5.74, 6) is 2.56. The van der Waals surface area contributed by atoms with Crippen molar-refractivity contribution in [2.45, 2.75) is 17.9 Å². The standard InChI is InChI=1S/C9H20S2.2CHF3O3S/c1-9(8-11(4)5)6-7-10(2)3;2*2-1(3,4)8(5,6)7/h6H,7-8H2,1-5H3;2*(H,5,6,7)/q+2;;/p-2/b9-6+;;. The van der Waals surface area contributed by atoms with Gasteiger partial charge in [0.25, 0.3) is 0 Å². The predicted molar refractivity (Wildman–Crippen MR) is 93.4 cm³/mol. The molecule has 0 atom stereocenters. The molecule has 6 nitrogen and oxygen atoms in total. The lowest BCUT2D eigenvalue weighted by Gasteiger charge is -2.08. The lowest BCUT2D eigenvalue weighted by molar-refractivity contribution is -0.0522. The summed E-state index contributed by atoms with van der Waals surface area (Å²) in [7, 11) is -11.0. The first-order valence-electron chi connectivity index (χ1n) is 6.30. The van der Waals surface area contributed by atoms with Gasteiger partial charge in [-0.05, 0) is 40.4 Å². The van der Waals surface area contributed by atoms with Crippen LogP contribution in [0.2, 0.25) is 0 Å². The maximum Gasteiger partial charge on any atom is 0.485 e. The minimum Gasteiger partial charge on any atom is -0.741 e. The van der Waals surface area contributed by atoms with Crippen molar-refractivity contribution in [2.75, 3.05) is 36.5 Å². The average molecular weight is 491 g/mol. The fraction of sp³-hybridized carbons (Fsp3) is 0.818. The summed E-state index contributed by atoms with van der Waals surface area (Å²) in [6, 6.07) is 0. The molecule has 0 heterocycles. The van der Waals surface area contributed by atoms with Gasteiger partial charge in [0.15, 0.2) is 20.2 Å². The van der Waals surface area contributed by atoms with Crippen LogP contribution in [-0.2, 0) is 42.0 Å². The van der Waals surface area contributed by atoms with Crippen LogP contribution in [-0.4, -0.2) is 73.5 Å². The first kappa shape index (κ1) is 31.5. The van der Waals surface area contributed by atoms with Crippen molar-refractivity contribution in [3.05, 3.63) is 11.6 Å². The van der Waals surface area contributed by atoms with E-state index in [4.69, 9.17) is 25.9 Å². The molecule has 0 aliphatic carbocycles. The molecule has 0 amide bonds. The fourth-order valence-corrected chi connectivity index (χ4v) is 2.47. The van der Waals surface area contributed by atoms with E-state index < -0.39 is 31.3 Å². The third-order valence-electron chi connectivity index (χ3n) is 1.85. The first-order valence-corrected chi connectivity index (χ1v) is 13.5. The number of halogens is 6. The Morgan fingerprint density at radius 3 is 1.22 bits per heavy atom. The summed E-state index contributed by atoms with van der Waals surface area (Å²) in [4.78, 5) is 0. The predicted octanol–water partition coefficient (Wildman–Crippen LogP) is 1.79. The molecular formula is C11H20F6O6S4. The maximum atomic E-state index is 10.7. The van der Waals surface area contributed by atoms with Crippen LogP contribution in [0.15, 0.2) is 11.6 Å². The van der Waals surface area contributed by atoms with Crippen molar-refractivity contribution in [3.63, 3.8) is 0 Å². The largest absolute Gasteiger partial charge is 0.741 e. The SMILES string of the molecule is C/C(=C\C[S+](C)C)C[S+](C)C.O=S(=O)([O-])C(F)(F)F.O=S(=O)([O-])C(F)(F)F. The van der Waals surface area contributed by atoms with E-state index in [1.54, 1.807) is 5.57 Å². The molecule has 0 aromatic rings. The van der Waals surface area contributed by atoms with Gasteiger partial charge in [-0.15, -0.1) is 0 Å². The fourth-order valence-electron chi connectivity index (χ4n) is 0.823. The number of hydrogen-bond acceptors (Lipinski definition) is 6. The Balaban J connectivity index is -0.000000327. The maximum absolute atomic E-state index is 10.7. The van der Waals surface area contributed by atoms with Gasteiger partial charge in [-0.1, -0.05) is 0 Å².